The first-order valence-corrected chi connectivity index (χ1v) is 8.40. The Morgan fingerprint density at radius 3 is 2.88 bits per heavy atom. The molecule has 3 rings (SSSR count). The molecule has 0 aromatic carbocycles. The number of allylic oxidation sites excluding steroid dienone is 1. The summed E-state index contributed by atoms with van der Waals surface area (Å²) in [6, 6.07) is -0.553. The average molecular weight is 349 g/mol. The summed E-state index contributed by atoms with van der Waals surface area (Å²) in [4.78, 5) is 24.8. The van der Waals surface area contributed by atoms with Crippen LogP contribution in [0, 0.1) is 5.21 Å². The van der Waals surface area contributed by atoms with Gasteiger partial charge in [-0.2, -0.15) is 0 Å². The second kappa shape index (κ2) is 6.09. The SMILES string of the molecule is C=C1C/C(=C/C)C(=O)O[C@@H]2CC[N@@+]3([O-])CC=C(COC(=O)[C@@]1(C)O)[C@H]23. The summed E-state index contributed by atoms with van der Waals surface area (Å²) in [7, 11) is 0. The van der Waals surface area contributed by atoms with Crippen LogP contribution in [-0.4, -0.2) is 59.1 Å². The van der Waals surface area contributed by atoms with E-state index in [9.17, 15) is 19.9 Å². The number of hydrogen-bond acceptors (Lipinski definition) is 6. The predicted molar refractivity (Wildman–Crippen MR) is 88.8 cm³/mol. The second-order valence-electron chi connectivity index (χ2n) is 7.06. The molecule has 2 fully saturated rings. The lowest BCUT2D eigenvalue weighted by molar-refractivity contribution is -0.877. The molecule has 7 heteroatoms. The molecule has 0 spiro atoms. The van der Waals surface area contributed by atoms with Gasteiger partial charge in [-0.25, -0.2) is 9.59 Å². The maximum Gasteiger partial charge on any atom is 0.342 e. The number of hydroxylamine groups is 3. The van der Waals surface area contributed by atoms with Crippen LogP contribution in [0.25, 0.3) is 0 Å². The third-order valence-electron chi connectivity index (χ3n) is 5.42. The van der Waals surface area contributed by atoms with Crippen molar-refractivity contribution in [3.63, 3.8) is 0 Å². The zero-order valence-corrected chi connectivity index (χ0v) is 14.5. The van der Waals surface area contributed by atoms with E-state index < -0.39 is 34.3 Å². The van der Waals surface area contributed by atoms with E-state index in [2.05, 4.69) is 6.58 Å². The molecule has 2 saturated heterocycles. The average Bonchev–Trinajstić information content (AvgIpc) is 3.05. The van der Waals surface area contributed by atoms with Crippen LogP contribution >= 0.6 is 0 Å². The molecule has 3 heterocycles. The maximum absolute atomic E-state index is 12.9. The van der Waals surface area contributed by atoms with Crippen LogP contribution in [0.1, 0.15) is 26.7 Å². The summed E-state index contributed by atoms with van der Waals surface area (Å²) in [5, 5.41) is 23.4. The minimum atomic E-state index is -1.93. The fourth-order valence-corrected chi connectivity index (χ4v) is 3.69. The Bertz CT molecular complexity index is 692. The van der Waals surface area contributed by atoms with Gasteiger partial charge in [0.1, 0.15) is 6.61 Å². The summed E-state index contributed by atoms with van der Waals surface area (Å²) in [5.74, 6) is -1.38. The van der Waals surface area contributed by atoms with E-state index in [1.165, 1.54) is 6.92 Å². The van der Waals surface area contributed by atoms with Gasteiger partial charge in [0.2, 0.25) is 0 Å². The van der Waals surface area contributed by atoms with Gasteiger partial charge in [-0.05, 0) is 25.5 Å². The number of carbonyl (C=O) groups excluding carboxylic acids is 2. The zero-order valence-electron chi connectivity index (χ0n) is 14.5. The molecule has 0 bridgehead atoms. The van der Waals surface area contributed by atoms with Gasteiger partial charge < -0.3 is 24.4 Å². The lowest BCUT2D eigenvalue weighted by Crippen LogP contribution is -2.48. The smallest absolute Gasteiger partial charge is 0.342 e. The highest BCUT2D eigenvalue weighted by atomic mass is 16.6. The Kier molecular flexibility index (Phi) is 4.35. The number of hydrogen-bond donors (Lipinski definition) is 1. The van der Waals surface area contributed by atoms with Crippen molar-refractivity contribution < 1.29 is 28.8 Å². The zero-order chi connectivity index (χ0) is 18.4. The van der Waals surface area contributed by atoms with Crippen LogP contribution < -0.4 is 0 Å². The monoisotopic (exact) mass is 349 g/mol. The van der Waals surface area contributed by atoms with E-state index >= 15 is 0 Å². The van der Waals surface area contributed by atoms with Crippen molar-refractivity contribution in [1.29, 1.82) is 0 Å². The predicted octanol–water partition coefficient (Wildman–Crippen LogP) is 1.13. The third kappa shape index (κ3) is 2.92. The van der Waals surface area contributed by atoms with Gasteiger partial charge in [0.05, 0.1) is 13.1 Å². The number of nitrogens with zero attached hydrogens (tertiary/aromatic N) is 1. The van der Waals surface area contributed by atoms with Gasteiger partial charge in [-0.15, -0.1) is 0 Å². The number of quaternary nitrogens is 1. The van der Waals surface area contributed by atoms with Gasteiger partial charge >= 0.3 is 11.9 Å². The molecule has 7 nitrogen and oxygen atoms in total. The largest absolute Gasteiger partial charge is 0.632 e. The molecule has 0 radical (unpaired) electrons. The van der Waals surface area contributed by atoms with E-state index in [0.29, 0.717) is 18.5 Å². The fourth-order valence-electron chi connectivity index (χ4n) is 3.69. The van der Waals surface area contributed by atoms with Crippen molar-refractivity contribution in [2.75, 3.05) is 19.7 Å². The van der Waals surface area contributed by atoms with Crippen LogP contribution in [0.5, 0.6) is 0 Å². The van der Waals surface area contributed by atoms with Gasteiger partial charge in [0.25, 0.3) is 0 Å². The number of rotatable bonds is 0. The minimum absolute atomic E-state index is 0.00507. The molecule has 0 unspecified atom stereocenters. The van der Waals surface area contributed by atoms with Crippen molar-refractivity contribution in [2.24, 2.45) is 0 Å². The Morgan fingerprint density at radius 2 is 2.20 bits per heavy atom. The highest BCUT2D eigenvalue weighted by molar-refractivity contribution is 5.90. The second-order valence-corrected chi connectivity index (χ2v) is 7.06. The van der Waals surface area contributed by atoms with Crippen LogP contribution in [0.4, 0.5) is 0 Å². The molecular weight excluding hydrogens is 326 g/mol. The molecule has 136 valence electrons. The number of carbonyl (C=O) groups is 2. The summed E-state index contributed by atoms with van der Waals surface area (Å²) in [6.45, 7) is 7.22. The van der Waals surface area contributed by atoms with Crippen LogP contribution in [-0.2, 0) is 19.1 Å². The Hall–Kier alpha value is -1.96. The minimum Gasteiger partial charge on any atom is -0.632 e. The summed E-state index contributed by atoms with van der Waals surface area (Å²) < 4.78 is 10.4. The van der Waals surface area contributed by atoms with Crippen molar-refractivity contribution in [1.82, 2.24) is 0 Å². The number of esters is 2. The molecule has 1 N–H and O–H groups in total. The Balaban J connectivity index is 1.96. The first kappa shape index (κ1) is 17.8. The first-order chi connectivity index (χ1) is 11.7. The molecule has 0 amide bonds. The number of ether oxygens (including phenoxy) is 2. The normalized spacial score (nSPS) is 40.7. The summed E-state index contributed by atoms with van der Waals surface area (Å²) in [5.41, 5.74) is -0.841. The molecular formula is C18H23NO6. The Labute approximate surface area is 146 Å². The van der Waals surface area contributed by atoms with E-state index in [0.717, 1.165) is 0 Å². The highest BCUT2D eigenvalue weighted by Gasteiger charge is 2.51. The lowest BCUT2D eigenvalue weighted by Gasteiger charge is -2.40. The van der Waals surface area contributed by atoms with Gasteiger partial charge in [0.15, 0.2) is 17.7 Å². The number of cyclic esters (lactones) is 1. The van der Waals surface area contributed by atoms with Crippen molar-refractivity contribution in [3.05, 3.63) is 40.7 Å². The summed E-state index contributed by atoms with van der Waals surface area (Å²) in [6.07, 6.45) is 3.24. The first-order valence-electron chi connectivity index (χ1n) is 8.40. The Morgan fingerprint density at radius 1 is 1.48 bits per heavy atom. The molecule has 3 aliphatic heterocycles. The van der Waals surface area contributed by atoms with Crippen molar-refractivity contribution >= 4 is 11.9 Å². The van der Waals surface area contributed by atoms with Crippen LogP contribution in [0.15, 0.2) is 35.5 Å². The highest BCUT2D eigenvalue weighted by Crippen LogP contribution is 2.39. The lowest BCUT2D eigenvalue weighted by atomic mass is 9.91. The third-order valence-corrected chi connectivity index (χ3v) is 5.42. The molecule has 25 heavy (non-hydrogen) atoms. The fraction of sp³-hybridized carbons (Fsp3) is 0.556. The van der Waals surface area contributed by atoms with Crippen molar-refractivity contribution in [2.45, 2.75) is 44.4 Å². The molecule has 0 saturated carbocycles. The number of aliphatic hydroxyl groups is 1. The van der Waals surface area contributed by atoms with Crippen LogP contribution in [0.2, 0.25) is 0 Å². The van der Waals surface area contributed by atoms with Gasteiger partial charge in [-0.1, -0.05) is 12.7 Å². The molecule has 0 aliphatic carbocycles. The molecule has 0 aromatic heterocycles. The standard InChI is InChI=1S/C18H23NO6/c1-4-12-9-11(2)18(3,22)17(21)24-10-13-5-7-19(23)8-6-14(15(13)19)25-16(12)20/h4-5,14-15,22H,2,6-10H2,1,3H3/b12-4-/t14-,15-,18+,19+/m1/s1. The molecule has 3 aliphatic rings. The van der Waals surface area contributed by atoms with E-state index in [1.54, 1.807) is 19.1 Å². The molecule has 0 aromatic rings. The molecule has 4 atom stereocenters. The topological polar surface area (TPSA) is 95.9 Å². The maximum atomic E-state index is 12.9. The van der Waals surface area contributed by atoms with E-state index in [1.807, 2.05) is 0 Å². The quantitative estimate of drug-likeness (QED) is 0.231. The van der Waals surface area contributed by atoms with Gasteiger partial charge in [-0.3, -0.25) is 0 Å². The van der Waals surface area contributed by atoms with Crippen molar-refractivity contribution in [3.8, 4) is 0 Å². The van der Waals surface area contributed by atoms with Crippen LogP contribution in [0.3, 0.4) is 0 Å². The summed E-state index contributed by atoms with van der Waals surface area (Å²) >= 11 is 0. The van der Waals surface area contributed by atoms with E-state index in [4.69, 9.17) is 9.47 Å². The van der Waals surface area contributed by atoms with Gasteiger partial charge in [0, 0.05) is 24.0 Å². The van der Waals surface area contributed by atoms with E-state index in [-0.39, 0.29) is 30.7 Å².